The lowest BCUT2D eigenvalue weighted by molar-refractivity contribution is 0.113. The molecule has 0 saturated heterocycles. The largest absolute Gasteiger partial charge is 0.376 e. The minimum absolute atomic E-state index is 0.0778. The van der Waals surface area contributed by atoms with Crippen LogP contribution in [-0.2, 0) is 27.8 Å². The van der Waals surface area contributed by atoms with E-state index in [9.17, 15) is 8.42 Å². The third-order valence-electron chi connectivity index (χ3n) is 4.33. The number of aromatic nitrogens is 4. The Kier molecular flexibility index (Phi) is 4.16. The Morgan fingerprint density at radius 2 is 2.14 bits per heavy atom. The van der Waals surface area contributed by atoms with E-state index in [0.717, 1.165) is 22.2 Å². The van der Waals surface area contributed by atoms with Crippen LogP contribution in [0, 0.1) is 6.92 Å². The zero-order chi connectivity index (χ0) is 19.3. The lowest BCUT2D eigenvalue weighted by Gasteiger charge is -2.12. The number of nitrogens with one attached hydrogen (secondary N) is 1. The van der Waals surface area contributed by atoms with Gasteiger partial charge in [0, 0.05) is 4.88 Å². The molecule has 28 heavy (non-hydrogen) atoms. The van der Waals surface area contributed by atoms with Crippen LogP contribution in [-0.4, -0.2) is 33.9 Å². The van der Waals surface area contributed by atoms with Crippen molar-refractivity contribution < 1.29 is 17.7 Å². The Balaban J connectivity index is 1.64. The van der Waals surface area contributed by atoms with Gasteiger partial charge in [0.15, 0.2) is 5.82 Å². The Labute approximate surface area is 167 Å². The number of hydrogen-bond acceptors (Lipinski definition) is 10. The number of aryl methyl sites for hydroxylation is 1. The topological polar surface area (TPSA) is 120 Å². The number of hydrogen-bond donors (Lipinski definition) is 1. The lowest BCUT2D eigenvalue weighted by Crippen LogP contribution is -2.13. The van der Waals surface area contributed by atoms with Crippen LogP contribution in [0.5, 0.6) is 0 Å². The molecule has 0 unspecified atom stereocenters. The average Bonchev–Trinajstić information content (AvgIpc) is 3.38. The van der Waals surface area contributed by atoms with Gasteiger partial charge in [-0.25, -0.2) is 8.42 Å². The van der Waals surface area contributed by atoms with Crippen molar-refractivity contribution >= 4 is 49.1 Å². The molecular formula is C16H13N5O4S3. The van der Waals surface area contributed by atoms with E-state index in [0.29, 0.717) is 52.9 Å². The molecule has 12 heteroatoms. The summed E-state index contributed by atoms with van der Waals surface area (Å²) in [6, 6.07) is 4.89. The van der Waals surface area contributed by atoms with Crippen LogP contribution in [0.4, 0.5) is 5.00 Å². The van der Waals surface area contributed by atoms with E-state index >= 15 is 0 Å². The molecule has 1 aliphatic rings. The summed E-state index contributed by atoms with van der Waals surface area (Å²) in [5, 5.41) is 4.27. The highest BCUT2D eigenvalue weighted by Gasteiger charge is 2.29. The van der Waals surface area contributed by atoms with Gasteiger partial charge in [-0.2, -0.15) is 13.7 Å². The van der Waals surface area contributed by atoms with Crippen molar-refractivity contribution in [3.63, 3.8) is 0 Å². The minimum Gasteiger partial charge on any atom is -0.376 e. The lowest BCUT2D eigenvalue weighted by atomic mass is 10.1. The molecule has 0 spiro atoms. The van der Waals surface area contributed by atoms with Crippen molar-refractivity contribution in [2.75, 3.05) is 11.3 Å². The number of ether oxygens (including phenoxy) is 1. The number of thiophene rings is 1. The van der Waals surface area contributed by atoms with Crippen molar-refractivity contribution in [1.29, 1.82) is 0 Å². The Morgan fingerprint density at radius 3 is 2.96 bits per heavy atom. The van der Waals surface area contributed by atoms with E-state index < -0.39 is 10.0 Å². The summed E-state index contributed by atoms with van der Waals surface area (Å²) in [5.74, 6) is 0.775. The maximum absolute atomic E-state index is 13.1. The molecule has 0 bridgehead atoms. The van der Waals surface area contributed by atoms with E-state index in [-0.39, 0.29) is 4.90 Å². The van der Waals surface area contributed by atoms with Gasteiger partial charge in [-0.3, -0.25) is 4.72 Å². The molecule has 9 nitrogen and oxygen atoms in total. The quantitative estimate of drug-likeness (QED) is 0.519. The maximum Gasteiger partial charge on any atom is 0.264 e. The fraction of sp³-hybridized carbons (Fsp3) is 0.250. The van der Waals surface area contributed by atoms with Crippen LogP contribution in [0.2, 0.25) is 0 Å². The SMILES string of the molecule is Cc1noc(-c2c(NS(=O)(=O)c3cccc4nsnc34)sc3c2CCOC3)n1. The van der Waals surface area contributed by atoms with Gasteiger partial charge >= 0.3 is 0 Å². The fourth-order valence-electron chi connectivity index (χ4n) is 3.10. The minimum atomic E-state index is -3.90. The third-order valence-corrected chi connectivity index (χ3v) is 7.50. The smallest absolute Gasteiger partial charge is 0.264 e. The van der Waals surface area contributed by atoms with Gasteiger partial charge < -0.3 is 9.26 Å². The van der Waals surface area contributed by atoms with Gasteiger partial charge in [0.1, 0.15) is 20.9 Å². The van der Waals surface area contributed by atoms with Gasteiger partial charge in [-0.1, -0.05) is 11.2 Å². The summed E-state index contributed by atoms with van der Waals surface area (Å²) < 4.78 is 48.1. The van der Waals surface area contributed by atoms with Crippen molar-refractivity contribution in [3.8, 4) is 11.5 Å². The van der Waals surface area contributed by atoms with E-state index in [1.165, 1.54) is 17.4 Å². The summed E-state index contributed by atoms with van der Waals surface area (Å²) >= 11 is 2.29. The molecule has 0 fully saturated rings. The van der Waals surface area contributed by atoms with Crippen molar-refractivity contribution in [1.82, 2.24) is 18.9 Å². The van der Waals surface area contributed by atoms with E-state index in [1.807, 2.05) is 0 Å². The normalized spacial score (nSPS) is 14.3. The molecular weight excluding hydrogens is 422 g/mol. The first-order valence-electron chi connectivity index (χ1n) is 8.30. The summed E-state index contributed by atoms with van der Waals surface area (Å²) in [7, 11) is -3.90. The standard InChI is InChI=1S/C16H13N5O4S3/c1-8-17-15(25-18-8)13-9-5-6-24-7-11(9)26-16(13)21-28(22,23)12-4-2-3-10-14(12)20-27-19-10/h2-4,21H,5-7H2,1H3. The van der Waals surface area contributed by atoms with Crippen LogP contribution < -0.4 is 4.72 Å². The first-order chi connectivity index (χ1) is 13.5. The van der Waals surface area contributed by atoms with E-state index in [4.69, 9.17) is 9.26 Å². The van der Waals surface area contributed by atoms with Gasteiger partial charge in [0.05, 0.1) is 30.5 Å². The number of fused-ring (bicyclic) bond motifs is 2. The summed E-state index contributed by atoms with van der Waals surface area (Å²) in [4.78, 5) is 5.32. The van der Waals surface area contributed by atoms with Crippen molar-refractivity contribution in [2.24, 2.45) is 0 Å². The van der Waals surface area contributed by atoms with Crippen molar-refractivity contribution in [2.45, 2.75) is 24.8 Å². The number of sulfonamides is 1. The third kappa shape index (κ3) is 2.89. The molecule has 3 aromatic heterocycles. The predicted octanol–water partition coefficient (Wildman–Crippen LogP) is 2.98. The Hall–Kier alpha value is -2.41. The fourth-order valence-corrected chi connectivity index (χ4v) is 6.35. The molecule has 1 aromatic carbocycles. The molecule has 144 valence electrons. The molecule has 0 saturated carbocycles. The first kappa shape index (κ1) is 17.7. The Morgan fingerprint density at radius 1 is 1.25 bits per heavy atom. The van der Waals surface area contributed by atoms with Gasteiger partial charge in [-0.05, 0) is 31.0 Å². The molecule has 1 aliphatic heterocycles. The van der Waals surface area contributed by atoms with Gasteiger partial charge in [-0.15, -0.1) is 11.3 Å². The second kappa shape index (κ2) is 6.58. The first-order valence-corrected chi connectivity index (χ1v) is 11.3. The Bertz CT molecular complexity index is 1290. The average molecular weight is 436 g/mol. The highest BCUT2D eigenvalue weighted by atomic mass is 32.2. The van der Waals surface area contributed by atoms with Crippen LogP contribution in [0.25, 0.3) is 22.5 Å². The van der Waals surface area contributed by atoms with Gasteiger partial charge in [0.2, 0.25) is 0 Å². The van der Waals surface area contributed by atoms with Crippen molar-refractivity contribution in [3.05, 3.63) is 34.5 Å². The molecule has 0 amide bonds. The maximum atomic E-state index is 13.1. The number of anilines is 1. The molecule has 4 aromatic rings. The second-order valence-corrected chi connectivity index (χ2v) is 9.44. The highest BCUT2D eigenvalue weighted by molar-refractivity contribution is 7.93. The number of benzene rings is 1. The summed E-state index contributed by atoms with van der Waals surface area (Å²) in [6.07, 6.45) is 0.649. The zero-order valence-corrected chi connectivity index (χ0v) is 16.9. The van der Waals surface area contributed by atoms with Gasteiger partial charge in [0.25, 0.3) is 15.9 Å². The number of nitrogens with zero attached hydrogens (tertiary/aromatic N) is 4. The summed E-state index contributed by atoms with van der Waals surface area (Å²) in [6.45, 7) is 2.70. The van der Waals surface area contributed by atoms with Crippen LogP contribution in [0.3, 0.4) is 0 Å². The monoisotopic (exact) mass is 435 g/mol. The van der Waals surface area contributed by atoms with E-state index in [1.54, 1.807) is 19.1 Å². The number of rotatable bonds is 4. The van der Waals surface area contributed by atoms with Crippen LogP contribution in [0.15, 0.2) is 27.6 Å². The molecule has 4 heterocycles. The molecule has 5 rings (SSSR count). The van der Waals surface area contributed by atoms with E-state index in [2.05, 4.69) is 23.6 Å². The molecule has 0 radical (unpaired) electrons. The predicted molar refractivity (Wildman–Crippen MR) is 104 cm³/mol. The molecule has 0 atom stereocenters. The zero-order valence-electron chi connectivity index (χ0n) is 14.5. The highest BCUT2D eigenvalue weighted by Crippen LogP contribution is 2.43. The van der Waals surface area contributed by atoms with Crippen LogP contribution in [0.1, 0.15) is 16.3 Å². The molecule has 1 N–H and O–H groups in total. The second-order valence-electron chi connectivity index (χ2n) is 6.15. The van der Waals surface area contributed by atoms with Crippen LogP contribution >= 0.6 is 23.1 Å². The summed E-state index contributed by atoms with van der Waals surface area (Å²) in [5.41, 5.74) is 2.49. The molecule has 0 aliphatic carbocycles.